The minimum absolute atomic E-state index is 0.153. The van der Waals surface area contributed by atoms with E-state index in [-0.39, 0.29) is 11.7 Å². The fraction of sp³-hybridized carbons (Fsp3) is 0.308. The summed E-state index contributed by atoms with van der Waals surface area (Å²) in [7, 11) is 1.84. The summed E-state index contributed by atoms with van der Waals surface area (Å²) in [6, 6.07) is 6.03. The first-order valence-corrected chi connectivity index (χ1v) is 6.42. The van der Waals surface area contributed by atoms with Crippen molar-refractivity contribution in [3.63, 3.8) is 0 Å². The molecular weight excluding hydrogens is 256 g/mol. The Bertz CT molecular complexity index is 783. The third kappa shape index (κ3) is 2.48. The Kier molecular flexibility index (Phi) is 3.11. The van der Waals surface area contributed by atoms with Crippen molar-refractivity contribution in [3.8, 4) is 0 Å². The van der Waals surface area contributed by atoms with Crippen molar-refractivity contribution in [2.45, 2.75) is 19.5 Å². The summed E-state index contributed by atoms with van der Waals surface area (Å²) in [4.78, 5) is 16.7. The lowest BCUT2D eigenvalue weighted by Crippen LogP contribution is -2.18. The van der Waals surface area contributed by atoms with Gasteiger partial charge in [-0.1, -0.05) is 11.3 Å². The lowest BCUT2D eigenvalue weighted by atomic mass is 10.1. The molecule has 0 aliphatic carbocycles. The van der Waals surface area contributed by atoms with Gasteiger partial charge in [0.05, 0.1) is 16.7 Å². The number of nitrogens with zero attached hydrogens (tertiary/aromatic N) is 3. The molecule has 0 aliphatic rings. The highest BCUT2D eigenvalue weighted by Gasteiger charge is 2.08. The van der Waals surface area contributed by atoms with E-state index in [1.54, 1.807) is 4.68 Å². The van der Waals surface area contributed by atoms with Gasteiger partial charge in [0.1, 0.15) is 0 Å². The van der Waals surface area contributed by atoms with E-state index in [0.717, 1.165) is 22.3 Å². The predicted octanol–water partition coefficient (Wildman–Crippen LogP) is 0.835. The highest BCUT2D eigenvalue weighted by molar-refractivity contribution is 5.75. The zero-order valence-corrected chi connectivity index (χ0v) is 11.3. The Labute approximate surface area is 115 Å². The molecule has 7 heteroatoms. The molecule has 104 valence electrons. The van der Waals surface area contributed by atoms with Crippen LogP contribution in [-0.4, -0.2) is 25.0 Å². The largest absolute Gasteiger partial charge is 0.323 e. The van der Waals surface area contributed by atoms with Gasteiger partial charge in [-0.05, 0) is 24.6 Å². The maximum atomic E-state index is 11.2. The molecule has 2 heterocycles. The average Bonchev–Trinajstić information content (AvgIpc) is 2.99. The molecule has 1 atom stereocenters. The van der Waals surface area contributed by atoms with Crippen LogP contribution in [0.25, 0.3) is 11.0 Å². The van der Waals surface area contributed by atoms with E-state index >= 15 is 0 Å². The van der Waals surface area contributed by atoms with Crippen LogP contribution in [0.1, 0.15) is 24.2 Å². The quantitative estimate of drug-likeness (QED) is 0.656. The molecule has 0 spiro atoms. The standard InChI is InChI=1S/C13H16N6O/c1-8(14-6-10-7-19(2)18-17-10)9-3-4-11-12(5-9)16-13(20)15-11/h3-5,7-8,14H,6H2,1-2H3,(H2,15,16,20). The third-order valence-electron chi connectivity index (χ3n) is 3.28. The van der Waals surface area contributed by atoms with Crippen LogP contribution in [0.15, 0.2) is 29.2 Å². The number of fused-ring (bicyclic) bond motifs is 1. The van der Waals surface area contributed by atoms with E-state index in [4.69, 9.17) is 0 Å². The normalized spacial score (nSPS) is 12.9. The molecule has 0 fully saturated rings. The number of aryl methyl sites for hydroxylation is 1. The number of hydrogen-bond acceptors (Lipinski definition) is 4. The number of nitrogens with one attached hydrogen (secondary N) is 3. The number of benzene rings is 1. The minimum Gasteiger partial charge on any atom is -0.306 e. The Morgan fingerprint density at radius 2 is 2.15 bits per heavy atom. The molecule has 3 N–H and O–H groups in total. The van der Waals surface area contributed by atoms with Gasteiger partial charge in [0.15, 0.2) is 0 Å². The van der Waals surface area contributed by atoms with E-state index in [9.17, 15) is 4.79 Å². The lowest BCUT2D eigenvalue weighted by Gasteiger charge is -2.13. The van der Waals surface area contributed by atoms with Crippen molar-refractivity contribution in [1.82, 2.24) is 30.3 Å². The van der Waals surface area contributed by atoms with E-state index in [1.165, 1.54) is 0 Å². The maximum absolute atomic E-state index is 11.2. The second kappa shape index (κ2) is 4.93. The average molecular weight is 272 g/mol. The molecule has 0 bridgehead atoms. The summed E-state index contributed by atoms with van der Waals surface area (Å²) in [6.45, 7) is 2.72. The summed E-state index contributed by atoms with van der Waals surface area (Å²) in [5.74, 6) is 0. The number of aromatic nitrogens is 5. The number of rotatable bonds is 4. The zero-order valence-electron chi connectivity index (χ0n) is 11.3. The van der Waals surface area contributed by atoms with Gasteiger partial charge in [-0.15, -0.1) is 5.10 Å². The zero-order chi connectivity index (χ0) is 14.1. The van der Waals surface area contributed by atoms with E-state index < -0.39 is 0 Å². The second-order valence-electron chi connectivity index (χ2n) is 4.87. The third-order valence-corrected chi connectivity index (χ3v) is 3.28. The summed E-state index contributed by atoms with van der Waals surface area (Å²) in [5, 5.41) is 11.3. The minimum atomic E-state index is -0.183. The molecule has 0 radical (unpaired) electrons. The van der Waals surface area contributed by atoms with Gasteiger partial charge in [-0.2, -0.15) is 0 Å². The van der Waals surface area contributed by atoms with Crippen LogP contribution in [0.4, 0.5) is 0 Å². The predicted molar refractivity (Wildman–Crippen MR) is 75.2 cm³/mol. The fourth-order valence-corrected chi connectivity index (χ4v) is 2.17. The first kappa shape index (κ1) is 12.6. The smallest absolute Gasteiger partial charge is 0.306 e. The Hall–Kier alpha value is -2.41. The number of imidazole rings is 1. The van der Waals surface area contributed by atoms with Crippen molar-refractivity contribution in [1.29, 1.82) is 0 Å². The molecule has 2 aromatic heterocycles. The van der Waals surface area contributed by atoms with Crippen LogP contribution < -0.4 is 11.0 Å². The molecule has 0 saturated carbocycles. The lowest BCUT2D eigenvalue weighted by molar-refractivity contribution is 0.567. The van der Waals surface area contributed by atoms with E-state index in [1.807, 2.05) is 31.4 Å². The van der Waals surface area contributed by atoms with Crippen molar-refractivity contribution in [2.24, 2.45) is 7.05 Å². The monoisotopic (exact) mass is 272 g/mol. The fourth-order valence-electron chi connectivity index (χ4n) is 2.17. The molecule has 20 heavy (non-hydrogen) atoms. The molecule has 3 rings (SSSR count). The van der Waals surface area contributed by atoms with Gasteiger partial charge in [0, 0.05) is 25.8 Å². The molecule has 1 aromatic carbocycles. The van der Waals surface area contributed by atoms with Gasteiger partial charge in [-0.3, -0.25) is 4.68 Å². The molecule has 0 amide bonds. The molecule has 0 saturated heterocycles. The van der Waals surface area contributed by atoms with Crippen LogP contribution >= 0.6 is 0 Å². The first-order chi connectivity index (χ1) is 9.61. The van der Waals surface area contributed by atoms with Crippen LogP contribution in [0.2, 0.25) is 0 Å². The number of aromatic amines is 2. The highest BCUT2D eigenvalue weighted by atomic mass is 16.1. The Balaban J connectivity index is 1.74. The highest BCUT2D eigenvalue weighted by Crippen LogP contribution is 2.17. The first-order valence-electron chi connectivity index (χ1n) is 6.42. The van der Waals surface area contributed by atoms with Crippen molar-refractivity contribution >= 4 is 11.0 Å². The van der Waals surface area contributed by atoms with Crippen molar-refractivity contribution in [2.75, 3.05) is 0 Å². The van der Waals surface area contributed by atoms with E-state index in [0.29, 0.717) is 6.54 Å². The van der Waals surface area contributed by atoms with Crippen LogP contribution in [0.3, 0.4) is 0 Å². The van der Waals surface area contributed by atoms with Crippen LogP contribution in [0, 0.1) is 0 Å². The summed E-state index contributed by atoms with van der Waals surface area (Å²) in [6.07, 6.45) is 1.88. The van der Waals surface area contributed by atoms with Crippen LogP contribution in [-0.2, 0) is 13.6 Å². The van der Waals surface area contributed by atoms with Crippen molar-refractivity contribution < 1.29 is 0 Å². The SMILES string of the molecule is CC(NCc1cn(C)nn1)c1ccc2[nH]c(=O)[nH]c2c1. The van der Waals surface area contributed by atoms with Gasteiger partial charge < -0.3 is 15.3 Å². The molecule has 7 nitrogen and oxygen atoms in total. The van der Waals surface area contributed by atoms with Crippen molar-refractivity contribution in [3.05, 3.63) is 46.1 Å². The van der Waals surface area contributed by atoms with Gasteiger partial charge in [0.25, 0.3) is 0 Å². The second-order valence-corrected chi connectivity index (χ2v) is 4.87. The molecular formula is C13H16N6O. The van der Waals surface area contributed by atoms with Gasteiger partial charge in [0.2, 0.25) is 0 Å². The maximum Gasteiger partial charge on any atom is 0.323 e. The number of hydrogen-bond donors (Lipinski definition) is 3. The topological polar surface area (TPSA) is 91.4 Å². The number of H-pyrrole nitrogens is 2. The van der Waals surface area contributed by atoms with Gasteiger partial charge >= 0.3 is 5.69 Å². The summed E-state index contributed by atoms with van der Waals surface area (Å²) >= 11 is 0. The summed E-state index contributed by atoms with van der Waals surface area (Å²) in [5.41, 5.74) is 3.46. The molecule has 3 aromatic rings. The molecule has 1 unspecified atom stereocenters. The van der Waals surface area contributed by atoms with E-state index in [2.05, 4.69) is 32.5 Å². The molecule has 0 aliphatic heterocycles. The Morgan fingerprint density at radius 3 is 2.90 bits per heavy atom. The summed E-state index contributed by atoms with van der Waals surface area (Å²) < 4.78 is 1.68. The Morgan fingerprint density at radius 1 is 1.35 bits per heavy atom. The van der Waals surface area contributed by atoms with Gasteiger partial charge in [-0.25, -0.2) is 4.79 Å². The van der Waals surface area contributed by atoms with Crippen LogP contribution in [0.5, 0.6) is 0 Å².